The molecule has 1 saturated carbocycles. The Labute approximate surface area is 144 Å². The van der Waals surface area contributed by atoms with Crippen molar-refractivity contribution in [3.8, 4) is 0 Å². The summed E-state index contributed by atoms with van der Waals surface area (Å²) < 4.78 is 0. The van der Waals surface area contributed by atoms with Crippen molar-refractivity contribution in [2.24, 2.45) is 5.92 Å². The molecule has 0 aromatic heterocycles. The van der Waals surface area contributed by atoms with Crippen LogP contribution in [0.1, 0.15) is 63.5 Å². The number of carbonyl (C=O) groups is 2. The molecule has 0 spiro atoms. The smallest absolute Gasteiger partial charge is 0.225 e. The Hall–Kier alpha value is -1.84. The molecule has 4 nitrogen and oxygen atoms in total. The van der Waals surface area contributed by atoms with E-state index in [4.69, 9.17) is 0 Å². The minimum Gasteiger partial charge on any atom is -0.349 e. The Morgan fingerprint density at radius 2 is 1.96 bits per heavy atom. The van der Waals surface area contributed by atoms with E-state index in [1.807, 2.05) is 23.1 Å². The molecule has 1 saturated heterocycles. The van der Waals surface area contributed by atoms with Crippen LogP contribution in [0.5, 0.6) is 0 Å². The number of rotatable bonds is 6. The number of likely N-dealkylation sites (tertiary alicyclic amines) is 1. The average Bonchev–Trinajstić information content (AvgIpc) is 3.24. The standard InChI is InChI=1S/C20H28N2O2/c1-2-8-18(15-9-4-3-5-10-15)21-20(24)16-13-19(23)22(14-16)17-11-6-7-12-17/h3-5,9-10,16-18H,2,6-8,11-14H2,1H3,(H,21,24). The second-order valence-corrected chi connectivity index (χ2v) is 7.15. The maximum Gasteiger partial charge on any atom is 0.225 e. The Kier molecular flexibility index (Phi) is 5.54. The van der Waals surface area contributed by atoms with E-state index in [1.165, 1.54) is 12.8 Å². The molecule has 2 atom stereocenters. The molecule has 1 aliphatic heterocycles. The first kappa shape index (κ1) is 17.0. The van der Waals surface area contributed by atoms with Gasteiger partial charge in [-0.05, 0) is 24.8 Å². The first-order chi connectivity index (χ1) is 11.7. The van der Waals surface area contributed by atoms with Crippen molar-refractivity contribution in [2.75, 3.05) is 6.54 Å². The fourth-order valence-electron chi connectivity index (χ4n) is 4.06. The Balaban J connectivity index is 1.62. The normalized spacial score (nSPS) is 22.8. The van der Waals surface area contributed by atoms with Crippen LogP contribution in [0.2, 0.25) is 0 Å². The van der Waals surface area contributed by atoms with Gasteiger partial charge >= 0.3 is 0 Å². The molecule has 2 aliphatic rings. The van der Waals surface area contributed by atoms with Crippen LogP contribution in [0.25, 0.3) is 0 Å². The quantitative estimate of drug-likeness (QED) is 0.870. The molecule has 1 aromatic rings. The topological polar surface area (TPSA) is 49.4 Å². The maximum absolute atomic E-state index is 12.7. The highest BCUT2D eigenvalue weighted by Gasteiger charge is 2.39. The van der Waals surface area contributed by atoms with Gasteiger partial charge in [-0.15, -0.1) is 0 Å². The van der Waals surface area contributed by atoms with Crippen LogP contribution in [0.3, 0.4) is 0 Å². The molecule has 1 heterocycles. The van der Waals surface area contributed by atoms with Gasteiger partial charge in [-0.2, -0.15) is 0 Å². The van der Waals surface area contributed by atoms with Crippen molar-refractivity contribution in [1.29, 1.82) is 0 Å². The van der Waals surface area contributed by atoms with Crippen molar-refractivity contribution in [1.82, 2.24) is 10.2 Å². The lowest BCUT2D eigenvalue weighted by atomic mass is 10.0. The van der Waals surface area contributed by atoms with E-state index in [-0.39, 0.29) is 23.8 Å². The molecule has 4 heteroatoms. The molecule has 0 bridgehead atoms. The van der Waals surface area contributed by atoms with Crippen molar-refractivity contribution in [2.45, 2.75) is 64.0 Å². The van der Waals surface area contributed by atoms with Gasteiger partial charge in [0.2, 0.25) is 11.8 Å². The molecular formula is C20H28N2O2. The SMILES string of the molecule is CCCC(NC(=O)C1CC(=O)N(C2CCCC2)C1)c1ccccc1. The lowest BCUT2D eigenvalue weighted by Crippen LogP contribution is -2.38. The van der Waals surface area contributed by atoms with E-state index < -0.39 is 0 Å². The van der Waals surface area contributed by atoms with Crippen LogP contribution in [0.4, 0.5) is 0 Å². The maximum atomic E-state index is 12.7. The van der Waals surface area contributed by atoms with Gasteiger partial charge < -0.3 is 10.2 Å². The van der Waals surface area contributed by atoms with Gasteiger partial charge in [0, 0.05) is 19.0 Å². The second kappa shape index (κ2) is 7.82. The van der Waals surface area contributed by atoms with Crippen LogP contribution in [-0.4, -0.2) is 29.3 Å². The third-order valence-electron chi connectivity index (χ3n) is 5.39. The fraction of sp³-hybridized carbons (Fsp3) is 0.600. The molecule has 3 rings (SSSR count). The van der Waals surface area contributed by atoms with Crippen LogP contribution >= 0.6 is 0 Å². The summed E-state index contributed by atoms with van der Waals surface area (Å²) in [5.41, 5.74) is 1.14. The van der Waals surface area contributed by atoms with Crippen molar-refractivity contribution >= 4 is 11.8 Å². The number of hydrogen-bond acceptors (Lipinski definition) is 2. The summed E-state index contributed by atoms with van der Waals surface area (Å²) in [6.45, 7) is 2.73. The lowest BCUT2D eigenvalue weighted by Gasteiger charge is -2.24. The highest BCUT2D eigenvalue weighted by Crippen LogP contribution is 2.30. The highest BCUT2D eigenvalue weighted by atomic mass is 16.2. The van der Waals surface area contributed by atoms with Gasteiger partial charge in [0.1, 0.15) is 0 Å². The van der Waals surface area contributed by atoms with Crippen LogP contribution in [0.15, 0.2) is 30.3 Å². The summed E-state index contributed by atoms with van der Waals surface area (Å²) in [5.74, 6) is 0.00104. The minimum absolute atomic E-state index is 0.0335. The van der Waals surface area contributed by atoms with Gasteiger partial charge in [0.15, 0.2) is 0 Å². The van der Waals surface area contributed by atoms with Gasteiger partial charge in [0.25, 0.3) is 0 Å². The molecule has 130 valence electrons. The van der Waals surface area contributed by atoms with Gasteiger partial charge in [0.05, 0.1) is 12.0 Å². The summed E-state index contributed by atoms with van der Waals surface area (Å²) in [4.78, 5) is 27.0. The summed E-state index contributed by atoms with van der Waals surface area (Å²) >= 11 is 0. The third kappa shape index (κ3) is 3.80. The Morgan fingerprint density at radius 3 is 2.62 bits per heavy atom. The average molecular weight is 328 g/mol. The molecule has 0 radical (unpaired) electrons. The fourth-order valence-corrected chi connectivity index (χ4v) is 4.06. The molecule has 24 heavy (non-hydrogen) atoms. The first-order valence-electron chi connectivity index (χ1n) is 9.33. The Bertz CT molecular complexity index is 566. The van der Waals surface area contributed by atoms with Gasteiger partial charge in [-0.1, -0.05) is 56.5 Å². The first-order valence-corrected chi connectivity index (χ1v) is 9.33. The summed E-state index contributed by atoms with van der Waals surface area (Å²) in [6.07, 6.45) is 6.91. The number of amides is 2. The molecule has 2 unspecified atom stereocenters. The van der Waals surface area contributed by atoms with E-state index in [0.29, 0.717) is 19.0 Å². The van der Waals surface area contributed by atoms with E-state index in [1.54, 1.807) is 0 Å². The van der Waals surface area contributed by atoms with Crippen LogP contribution < -0.4 is 5.32 Å². The van der Waals surface area contributed by atoms with Crippen molar-refractivity contribution in [3.63, 3.8) is 0 Å². The number of nitrogens with one attached hydrogen (secondary N) is 1. The number of benzene rings is 1. The number of nitrogens with zero attached hydrogens (tertiary/aromatic N) is 1. The molecule has 2 fully saturated rings. The molecule has 1 aromatic carbocycles. The highest BCUT2D eigenvalue weighted by molar-refractivity contribution is 5.89. The van der Waals surface area contributed by atoms with Crippen LogP contribution in [0, 0.1) is 5.92 Å². The zero-order valence-corrected chi connectivity index (χ0v) is 14.5. The number of carbonyl (C=O) groups excluding carboxylic acids is 2. The molecular weight excluding hydrogens is 300 g/mol. The van der Waals surface area contributed by atoms with Crippen molar-refractivity contribution in [3.05, 3.63) is 35.9 Å². The van der Waals surface area contributed by atoms with E-state index in [0.717, 1.165) is 31.2 Å². The van der Waals surface area contributed by atoms with Gasteiger partial charge in [-0.25, -0.2) is 0 Å². The van der Waals surface area contributed by atoms with Gasteiger partial charge in [-0.3, -0.25) is 9.59 Å². The summed E-state index contributed by atoms with van der Waals surface area (Å²) in [5, 5.41) is 3.19. The van der Waals surface area contributed by atoms with Crippen LogP contribution in [-0.2, 0) is 9.59 Å². The lowest BCUT2D eigenvalue weighted by molar-refractivity contribution is -0.130. The zero-order chi connectivity index (χ0) is 16.9. The van der Waals surface area contributed by atoms with Crippen molar-refractivity contribution < 1.29 is 9.59 Å². The largest absolute Gasteiger partial charge is 0.349 e. The zero-order valence-electron chi connectivity index (χ0n) is 14.5. The van der Waals surface area contributed by atoms with E-state index in [9.17, 15) is 9.59 Å². The monoisotopic (exact) mass is 328 g/mol. The number of hydrogen-bond donors (Lipinski definition) is 1. The second-order valence-electron chi connectivity index (χ2n) is 7.15. The minimum atomic E-state index is -0.193. The summed E-state index contributed by atoms with van der Waals surface area (Å²) in [7, 11) is 0. The van der Waals surface area contributed by atoms with E-state index in [2.05, 4.69) is 24.4 Å². The molecule has 2 amide bonds. The predicted octanol–water partition coefficient (Wildman–Crippen LogP) is 3.44. The Morgan fingerprint density at radius 1 is 1.25 bits per heavy atom. The third-order valence-corrected chi connectivity index (χ3v) is 5.39. The summed E-state index contributed by atoms with van der Waals surface area (Å²) in [6, 6.07) is 10.5. The van der Waals surface area contributed by atoms with E-state index >= 15 is 0 Å². The molecule has 1 aliphatic carbocycles. The predicted molar refractivity (Wildman–Crippen MR) is 94.3 cm³/mol. The molecule has 1 N–H and O–H groups in total.